The van der Waals surface area contributed by atoms with Crippen molar-refractivity contribution in [1.82, 2.24) is 4.98 Å². The molecule has 0 aliphatic carbocycles. The second kappa shape index (κ2) is 4.61. The third-order valence-corrected chi connectivity index (χ3v) is 3.58. The van der Waals surface area contributed by atoms with Gasteiger partial charge in [-0.2, -0.15) is 0 Å². The Morgan fingerprint density at radius 1 is 1.60 bits per heavy atom. The predicted octanol–water partition coefficient (Wildman–Crippen LogP) is 2.05. The van der Waals surface area contributed by atoms with Crippen LogP contribution in [0.1, 0.15) is 12.8 Å². The van der Waals surface area contributed by atoms with E-state index in [0.29, 0.717) is 5.82 Å². The zero-order valence-electron chi connectivity index (χ0n) is 8.07. The van der Waals surface area contributed by atoms with Gasteiger partial charge in [-0.1, -0.05) is 0 Å². The number of rotatable bonds is 2. The summed E-state index contributed by atoms with van der Waals surface area (Å²) in [7, 11) is 0. The molecule has 1 N–H and O–H groups in total. The van der Waals surface area contributed by atoms with Crippen LogP contribution >= 0.6 is 11.8 Å². The lowest BCUT2D eigenvalue weighted by molar-refractivity contribution is -0.115. The zero-order valence-corrected chi connectivity index (χ0v) is 8.89. The monoisotopic (exact) mass is 226 g/mol. The molecule has 1 atom stereocenters. The number of halogens is 1. The molecule has 2 heterocycles. The van der Waals surface area contributed by atoms with Gasteiger partial charge in [0.05, 0.1) is 11.4 Å². The second-order valence-corrected chi connectivity index (χ2v) is 4.66. The molecule has 0 unspecified atom stereocenters. The van der Waals surface area contributed by atoms with E-state index in [9.17, 15) is 9.18 Å². The van der Waals surface area contributed by atoms with Gasteiger partial charge in [-0.15, -0.1) is 11.8 Å². The van der Waals surface area contributed by atoms with Gasteiger partial charge in [0.25, 0.3) is 0 Å². The number of hydrogen-bond donors (Lipinski definition) is 1. The largest absolute Gasteiger partial charge is 0.310 e. The van der Waals surface area contributed by atoms with Crippen molar-refractivity contribution in [3.05, 3.63) is 24.1 Å². The molecule has 5 heteroatoms. The van der Waals surface area contributed by atoms with Gasteiger partial charge in [-0.25, -0.2) is 9.37 Å². The number of anilines is 1. The highest BCUT2D eigenvalue weighted by atomic mass is 32.2. The molecule has 1 aliphatic rings. The van der Waals surface area contributed by atoms with Crippen LogP contribution in [0.25, 0.3) is 0 Å². The van der Waals surface area contributed by atoms with Crippen LogP contribution < -0.4 is 5.32 Å². The van der Waals surface area contributed by atoms with Gasteiger partial charge in [0.1, 0.15) is 11.6 Å². The zero-order chi connectivity index (χ0) is 10.7. The van der Waals surface area contributed by atoms with E-state index >= 15 is 0 Å². The molecular weight excluding hydrogens is 215 g/mol. The first-order valence-electron chi connectivity index (χ1n) is 4.80. The maximum absolute atomic E-state index is 12.5. The third-order valence-electron chi connectivity index (χ3n) is 2.20. The number of carbonyl (C=O) groups is 1. The van der Waals surface area contributed by atoms with Gasteiger partial charge in [-0.05, 0) is 30.7 Å². The summed E-state index contributed by atoms with van der Waals surface area (Å²) in [6.07, 6.45) is 3.09. The summed E-state index contributed by atoms with van der Waals surface area (Å²) >= 11 is 1.66. The molecule has 15 heavy (non-hydrogen) atoms. The standard InChI is InChI=1S/C10H11FN2OS/c11-7-3-4-9(12-6-7)13-10(14)8-2-1-5-15-8/h3-4,6,8H,1-2,5H2,(H,12,13,14)/t8-/m0/s1. The highest BCUT2D eigenvalue weighted by Gasteiger charge is 2.23. The van der Waals surface area contributed by atoms with Crippen LogP contribution in [-0.4, -0.2) is 21.9 Å². The Kier molecular flexibility index (Phi) is 3.20. The van der Waals surface area contributed by atoms with Gasteiger partial charge in [-0.3, -0.25) is 4.79 Å². The SMILES string of the molecule is O=C(Nc1ccc(F)cn1)[C@@H]1CCCS1. The van der Waals surface area contributed by atoms with Crippen molar-refractivity contribution in [2.24, 2.45) is 0 Å². The van der Waals surface area contributed by atoms with Crippen molar-refractivity contribution in [1.29, 1.82) is 0 Å². The minimum atomic E-state index is -0.400. The summed E-state index contributed by atoms with van der Waals surface area (Å²) < 4.78 is 12.5. The highest BCUT2D eigenvalue weighted by molar-refractivity contribution is 8.00. The fourth-order valence-corrected chi connectivity index (χ4v) is 2.60. The van der Waals surface area contributed by atoms with Crippen LogP contribution in [0.5, 0.6) is 0 Å². The van der Waals surface area contributed by atoms with E-state index in [2.05, 4.69) is 10.3 Å². The number of thioether (sulfide) groups is 1. The van der Waals surface area contributed by atoms with E-state index < -0.39 is 5.82 Å². The first-order valence-corrected chi connectivity index (χ1v) is 5.84. The predicted molar refractivity (Wildman–Crippen MR) is 58.3 cm³/mol. The maximum atomic E-state index is 12.5. The number of hydrogen-bond acceptors (Lipinski definition) is 3. The number of pyridine rings is 1. The van der Waals surface area contributed by atoms with Crippen molar-refractivity contribution in [2.45, 2.75) is 18.1 Å². The Morgan fingerprint density at radius 2 is 2.47 bits per heavy atom. The lowest BCUT2D eigenvalue weighted by atomic mass is 10.2. The summed E-state index contributed by atoms with van der Waals surface area (Å²) in [5.41, 5.74) is 0. The summed E-state index contributed by atoms with van der Waals surface area (Å²) in [5.74, 6) is 1.02. The maximum Gasteiger partial charge on any atom is 0.238 e. The first kappa shape index (κ1) is 10.4. The van der Waals surface area contributed by atoms with Gasteiger partial charge in [0.15, 0.2) is 0 Å². The molecule has 0 bridgehead atoms. The molecule has 1 aliphatic heterocycles. The Morgan fingerprint density at radius 3 is 3.07 bits per heavy atom. The summed E-state index contributed by atoms with van der Waals surface area (Å²) in [6, 6.07) is 2.75. The van der Waals surface area contributed by atoms with Crippen LogP contribution in [0.4, 0.5) is 10.2 Å². The molecule has 1 amide bonds. The van der Waals surface area contributed by atoms with Crippen molar-refractivity contribution in [3.63, 3.8) is 0 Å². The fraction of sp³-hybridized carbons (Fsp3) is 0.400. The fourth-order valence-electron chi connectivity index (χ4n) is 1.44. The molecule has 0 saturated carbocycles. The van der Waals surface area contributed by atoms with E-state index in [1.807, 2.05) is 0 Å². The Labute approximate surface area is 91.5 Å². The van der Waals surface area contributed by atoms with Gasteiger partial charge >= 0.3 is 0 Å². The Hall–Kier alpha value is -1.10. The lowest BCUT2D eigenvalue weighted by Gasteiger charge is -2.08. The summed E-state index contributed by atoms with van der Waals surface area (Å²) in [5, 5.41) is 2.70. The van der Waals surface area contributed by atoms with Crippen molar-refractivity contribution < 1.29 is 9.18 Å². The van der Waals surface area contributed by atoms with Crippen LogP contribution in [0.2, 0.25) is 0 Å². The number of amides is 1. The molecule has 3 nitrogen and oxygen atoms in total. The molecule has 2 rings (SSSR count). The van der Waals surface area contributed by atoms with E-state index in [0.717, 1.165) is 24.8 Å². The van der Waals surface area contributed by atoms with Gasteiger partial charge < -0.3 is 5.32 Å². The van der Waals surface area contributed by atoms with Crippen LogP contribution in [0, 0.1) is 5.82 Å². The normalized spacial score (nSPS) is 20.2. The third kappa shape index (κ3) is 2.68. The molecule has 1 fully saturated rings. The van der Waals surface area contributed by atoms with E-state index in [4.69, 9.17) is 0 Å². The molecule has 0 radical (unpaired) electrons. The molecule has 80 valence electrons. The van der Waals surface area contributed by atoms with Crippen molar-refractivity contribution >= 4 is 23.5 Å². The quantitative estimate of drug-likeness (QED) is 0.839. The average Bonchev–Trinajstić information content (AvgIpc) is 2.74. The number of aromatic nitrogens is 1. The van der Waals surface area contributed by atoms with E-state index in [1.54, 1.807) is 11.8 Å². The lowest BCUT2D eigenvalue weighted by Crippen LogP contribution is -2.23. The summed E-state index contributed by atoms with van der Waals surface area (Å²) in [4.78, 5) is 15.4. The molecule has 0 aromatic carbocycles. The minimum Gasteiger partial charge on any atom is -0.310 e. The molecule has 1 saturated heterocycles. The Bertz CT molecular complexity index is 349. The highest BCUT2D eigenvalue weighted by Crippen LogP contribution is 2.26. The molecule has 1 aromatic rings. The van der Waals surface area contributed by atoms with Crippen LogP contribution in [-0.2, 0) is 4.79 Å². The molecule has 1 aromatic heterocycles. The van der Waals surface area contributed by atoms with Gasteiger partial charge in [0, 0.05) is 0 Å². The average molecular weight is 226 g/mol. The van der Waals surface area contributed by atoms with E-state index in [-0.39, 0.29) is 11.2 Å². The van der Waals surface area contributed by atoms with Crippen molar-refractivity contribution in [2.75, 3.05) is 11.1 Å². The molecular formula is C10H11FN2OS. The Balaban J connectivity index is 1.96. The smallest absolute Gasteiger partial charge is 0.238 e. The summed E-state index contributed by atoms with van der Waals surface area (Å²) in [6.45, 7) is 0. The minimum absolute atomic E-state index is 0.0249. The van der Waals surface area contributed by atoms with E-state index in [1.165, 1.54) is 12.1 Å². The van der Waals surface area contributed by atoms with Gasteiger partial charge in [0.2, 0.25) is 5.91 Å². The number of nitrogens with one attached hydrogen (secondary N) is 1. The van der Waals surface area contributed by atoms with Crippen molar-refractivity contribution in [3.8, 4) is 0 Å². The number of nitrogens with zero attached hydrogens (tertiary/aromatic N) is 1. The first-order chi connectivity index (χ1) is 7.25. The topological polar surface area (TPSA) is 42.0 Å². The van der Waals surface area contributed by atoms with Crippen LogP contribution in [0.3, 0.4) is 0 Å². The number of carbonyl (C=O) groups excluding carboxylic acids is 1. The molecule has 0 spiro atoms. The second-order valence-electron chi connectivity index (χ2n) is 3.35. The van der Waals surface area contributed by atoms with Crippen LogP contribution in [0.15, 0.2) is 18.3 Å².